The molecule has 1 aromatic carbocycles. The standard InChI is InChI=1S/C12H14O4/c1-14-10-6-4-9(8-11(10)15-2)5-7-12(13)16-3/h4-8H,1-3H3/b7-5-. The molecular weight excluding hydrogens is 208 g/mol. The summed E-state index contributed by atoms with van der Waals surface area (Å²) in [6.45, 7) is 0. The summed E-state index contributed by atoms with van der Waals surface area (Å²) in [5.41, 5.74) is 0.836. The Labute approximate surface area is 94.4 Å². The number of benzene rings is 1. The van der Waals surface area contributed by atoms with Crippen molar-refractivity contribution in [1.29, 1.82) is 0 Å². The van der Waals surface area contributed by atoms with Crippen LogP contribution in [0.1, 0.15) is 5.56 Å². The van der Waals surface area contributed by atoms with Gasteiger partial charge in [-0.1, -0.05) is 6.07 Å². The summed E-state index contributed by atoms with van der Waals surface area (Å²) < 4.78 is 14.7. The zero-order chi connectivity index (χ0) is 12.0. The van der Waals surface area contributed by atoms with Crippen LogP contribution in [0.3, 0.4) is 0 Å². The first kappa shape index (κ1) is 12.1. The predicted octanol–water partition coefficient (Wildman–Crippen LogP) is 1.89. The lowest BCUT2D eigenvalue weighted by molar-refractivity contribution is -0.134. The second-order valence-corrected chi connectivity index (χ2v) is 2.97. The maximum atomic E-state index is 10.9. The molecule has 1 aromatic rings. The van der Waals surface area contributed by atoms with Gasteiger partial charge in [0.1, 0.15) is 0 Å². The normalized spacial score (nSPS) is 10.2. The van der Waals surface area contributed by atoms with E-state index in [1.165, 1.54) is 13.2 Å². The Hall–Kier alpha value is -1.97. The van der Waals surface area contributed by atoms with E-state index in [0.717, 1.165) is 5.56 Å². The number of ether oxygens (including phenoxy) is 3. The fourth-order valence-electron chi connectivity index (χ4n) is 1.19. The lowest BCUT2D eigenvalue weighted by Gasteiger charge is -2.07. The van der Waals surface area contributed by atoms with Crippen LogP contribution in [0.4, 0.5) is 0 Å². The molecule has 1 rings (SSSR count). The van der Waals surface area contributed by atoms with Gasteiger partial charge in [-0.15, -0.1) is 0 Å². The molecule has 0 fully saturated rings. The predicted molar refractivity (Wildman–Crippen MR) is 60.6 cm³/mol. The second-order valence-electron chi connectivity index (χ2n) is 2.97. The Morgan fingerprint density at radius 1 is 1.12 bits per heavy atom. The van der Waals surface area contributed by atoms with Crippen LogP contribution in [0.5, 0.6) is 11.5 Å². The number of hydrogen-bond donors (Lipinski definition) is 0. The van der Waals surface area contributed by atoms with Gasteiger partial charge >= 0.3 is 5.97 Å². The quantitative estimate of drug-likeness (QED) is 0.576. The molecule has 0 amide bonds. The van der Waals surface area contributed by atoms with Gasteiger partial charge in [0.05, 0.1) is 21.3 Å². The third-order valence-electron chi connectivity index (χ3n) is 2.02. The lowest BCUT2D eigenvalue weighted by atomic mass is 10.2. The zero-order valence-electron chi connectivity index (χ0n) is 9.52. The third kappa shape index (κ3) is 3.02. The molecule has 4 heteroatoms. The highest BCUT2D eigenvalue weighted by Gasteiger charge is 2.02. The van der Waals surface area contributed by atoms with E-state index in [1.807, 2.05) is 6.07 Å². The topological polar surface area (TPSA) is 44.8 Å². The maximum absolute atomic E-state index is 10.9. The molecule has 86 valence electrons. The van der Waals surface area contributed by atoms with Crippen molar-refractivity contribution >= 4 is 12.0 Å². The van der Waals surface area contributed by atoms with Gasteiger partial charge in [-0.05, 0) is 23.8 Å². The molecule has 0 unspecified atom stereocenters. The Morgan fingerprint density at radius 3 is 2.38 bits per heavy atom. The summed E-state index contributed by atoms with van der Waals surface area (Å²) in [4.78, 5) is 10.9. The first-order chi connectivity index (χ1) is 7.71. The fraction of sp³-hybridized carbons (Fsp3) is 0.250. The molecule has 0 heterocycles. The zero-order valence-corrected chi connectivity index (χ0v) is 9.52. The van der Waals surface area contributed by atoms with Crippen molar-refractivity contribution in [3.05, 3.63) is 29.8 Å². The molecule has 4 nitrogen and oxygen atoms in total. The summed E-state index contributed by atoms with van der Waals surface area (Å²) >= 11 is 0. The van der Waals surface area contributed by atoms with Crippen molar-refractivity contribution < 1.29 is 19.0 Å². The van der Waals surface area contributed by atoms with Crippen LogP contribution in [-0.4, -0.2) is 27.3 Å². The van der Waals surface area contributed by atoms with E-state index in [9.17, 15) is 4.79 Å². The summed E-state index contributed by atoms with van der Waals surface area (Å²) in [6, 6.07) is 5.37. The molecule has 0 saturated heterocycles. The van der Waals surface area contributed by atoms with Crippen LogP contribution in [0.15, 0.2) is 24.3 Å². The average Bonchev–Trinajstić information content (AvgIpc) is 2.35. The Bertz CT molecular complexity index is 396. The maximum Gasteiger partial charge on any atom is 0.330 e. The second kappa shape index (κ2) is 5.80. The molecule has 0 saturated carbocycles. The minimum absolute atomic E-state index is 0.394. The molecule has 0 aliphatic carbocycles. The molecule has 0 spiro atoms. The fourth-order valence-corrected chi connectivity index (χ4v) is 1.19. The first-order valence-electron chi connectivity index (χ1n) is 4.69. The summed E-state index contributed by atoms with van der Waals surface area (Å²) in [7, 11) is 4.47. The van der Waals surface area contributed by atoms with Crippen molar-refractivity contribution in [2.24, 2.45) is 0 Å². The number of carbonyl (C=O) groups is 1. The molecule has 16 heavy (non-hydrogen) atoms. The monoisotopic (exact) mass is 222 g/mol. The number of hydrogen-bond acceptors (Lipinski definition) is 4. The first-order valence-corrected chi connectivity index (χ1v) is 4.69. The van der Waals surface area contributed by atoms with E-state index in [-0.39, 0.29) is 0 Å². The molecule has 0 aliphatic heterocycles. The Balaban J connectivity index is 2.91. The number of carbonyl (C=O) groups excluding carboxylic acids is 1. The van der Waals surface area contributed by atoms with Crippen molar-refractivity contribution in [3.8, 4) is 11.5 Å². The largest absolute Gasteiger partial charge is 0.493 e. The highest BCUT2D eigenvalue weighted by Crippen LogP contribution is 2.27. The molecule has 0 aromatic heterocycles. The van der Waals surface area contributed by atoms with Gasteiger partial charge in [0, 0.05) is 6.08 Å². The van der Waals surface area contributed by atoms with Gasteiger partial charge in [-0.2, -0.15) is 0 Å². The van der Waals surface area contributed by atoms with Crippen LogP contribution in [0.25, 0.3) is 6.08 Å². The van der Waals surface area contributed by atoms with Crippen LogP contribution in [0.2, 0.25) is 0 Å². The van der Waals surface area contributed by atoms with Gasteiger partial charge < -0.3 is 14.2 Å². The van der Waals surface area contributed by atoms with E-state index in [4.69, 9.17) is 9.47 Å². The van der Waals surface area contributed by atoms with E-state index in [1.54, 1.807) is 32.4 Å². The minimum atomic E-state index is -0.394. The number of esters is 1. The van der Waals surface area contributed by atoms with Gasteiger partial charge in [0.25, 0.3) is 0 Å². The Morgan fingerprint density at radius 2 is 1.81 bits per heavy atom. The van der Waals surface area contributed by atoms with Crippen LogP contribution < -0.4 is 9.47 Å². The summed E-state index contributed by atoms with van der Waals surface area (Å²) in [5, 5.41) is 0. The SMILES string of the molecule is COC(=O)/C=C\c1ccc(OC)c(OC)c1. The van der Waals surface area contributed by atoms with Crippen LogP contribution in [0, 0.1) is 0 Å². The third-order valence-corrected chi connectivity index (χ3v) is 2.02. The number of rotatable bonds is 4. The molecule has 0 bridgehead atoms. The Kier molecular flexibility index (Phi) is 4.39. The van der Waals surface area contributed by atoms with Crippen molar-refractivity contribution in [2.45, 2.75) is 0 Å². The molecule has 0 radical (unpaired) electrons. The molecule has 0 atom stereocenters. The smallest absolute Gasteiger partial charge is 0.330 e. The van der Waals surface area contributed by atoms with E-state index in [2.05, 4.69) is 4.74 Å². The minimum Gasteiger partial charge on any atom is -0.493 e. The average molecular weight is 222 g/mol. The van der Waals surface area contributed by atoms with Crippen molar-refractivity contribution in [1.82, 2.24) is 0 Å². The molecular formula is C12H14O4. The highest BCUT2D eigenvalue weighted by molar-refractivity contribution is 5.87. The van der Waals surface area contributed by atoms with Gasteiger partial charge in [0.15, 0.2) is 11.5 Å². The molecule has 0 N–H and O–H groups in total. The van der Waals surface area contributed by atoms with Gasteiger partial charge in [-0.25, -0.2) is 4.79 Å². The van der Waals surface area contributed by atoms with Crippen molar-refractivity contribution in [3.63, 3.8) is 0 Å². The molecule has 0 aliphatic rings. The summed E-state index contributed by atoms with van der Waals surface area (Å²) in [5.74, 6) is 0.877. The number of methoxy groups -OCH3 is 3. The van der Waals surface area contributed by atoms with Gasteiger partial charge in [0.2, 0.25) is 0 Å². The van der Waals surface area contributed by atoms with Crippen molar-refractivity contribution in [2.75, 3.05) is 21.3 Å². The van der Waals surface area contributed by atoms with Gasteiger partial charge in [-0.3, -0.25) is 0 Å². The van der Waals surface area contributed by atoms with Crippen LogP contribution >= 0.6 is 0 Å². The van der Waals surface area contributed by atoms with Crippen LogP contribution in [-0.2, 0) is 9.53 Å². The van der Waals surface area contributed by atoms with E-state index >= 15 is 0 Å². The van der Waals surface area contributed by atoms with E-state index < -0.39 is 5.97 Å². The van der Waals surface area contributed by atoms with E-state index in [0.29, 0.717) is 11.5 Å². The highest BCUT2D eigenvalue weighted by atomic mass is 16.5. The lowest BCUT2D eigenvalue weighted by Crippen LogP contribution is -1.94. The summed E-state index contributed by atoms with van der Waals surface area (Å²) in [6.07, 6.45) is 3.00.